The number of amides is 2. The third-order valence-electron chi connectivity index (χ3n) is 5.59. The van der Waals surface area contributed by atoms with Crippen LogP contribution in [0.15, 0.2) is 54.6 Å². The van der Waals surface area contributed by atoms with Crippen molar-refractivity contribution in [1.29, 1.82) is 0 Å². The fourth-order valence-corrected chi connectivity index (χ4v) is 3.95. The van der Waals surface area contributed by atoms with E-state index in [0.29, 0.717) is 12.6 Å². The summed E-state index contributed by atoms with van der Waals surface area (Å²) in [7, 11) is 0. The summed E-state index contributed by atoms with van der Waals surface area (Å²) < 4.78 is 38.9. The molecule has 1 aliphatic heterocycles. The molecule has 1 heterocycles. The molecule has 2 aromatic carbocycles. The van der Waals surface area contributed by atoms with Crippen LogP contribution in [0.5, 0.6) is 0 Å². The molecule has 0 aromatic heterocycles. The lowest BCUT2D eigenvalue weighted by atomic mass is 10.0. The van der Waals surface area contributed by atoms with Crippen LogP contribution in [0, 0.1) is 0 Å². The topological polar surface area (TPSA) is 35.6 Å². The number of rotatable bonds is 4. The van der Waals surface area contributed by atoms with E-state index < -0.39 is 11.7 Å². The van der Waals surface area contributed by atoms with Gasteiger partial charge in [0.15, 0.2) is 0 Å². The van der Waals surface area contributed by atoms with Crippen molar-refractivity contribution in [3.8, 4) is 0 Å². The smallest absolute Gasteiger partial charge is 0.319 e. The molecule has 2 amide bonds. The summed E-state index contributed by atoms with van der Waals surface area (Å²) in [6, 6.07) is 15.0. The van der Waals surface area contributed by atoms with E-state index in [1.54, 1.807) is 4.90 Å². The Bertz CT molecular complexity index is 852. The summed E-state index contributed by atoms with van der Waals surface area (Å²) in [5.74, 6) is 0. The van der Waals surface area contributed by atoms with Crippen molar-refractivity contribution < 1.29 is 18.0 Å². The number of halogens is 3. The average molecular weight is 403 g/mol. The Morgan fingerprint density at radius 2 is 1.79 bits per heavy atom. The number of urea groups is 1. The van der Waals surface area contributed by atoms with Crippen molar-refractivity contribution in [2.24, 2.45) is 0 Å². The molecule has 4 nitrogen and oxygen atoms in total. The molecule has 0 bridgehead atoms. The van der Waals surface area contributed by atoms with Gasteiger partial charge in [0.1, 0.15) is 0 Å². The molecule has 1 saturated carbocycles. The Labute approximate surface area is 168 Å². The Kier molecular flexibility index (Phi) is 5.50. The number of benzene rings is 2. The van der Waals surface area contributed by atoms with Gasteiger partial charge in [-0.25, -0.2) is 4.79 Å². The SMILES string of the molecule is O=C(Nc1cccc(C(F)(F)F)c1)N1CCN(C2CC2)CC1Cc1ccccc1. The molecule has 1 saturated heterocycles. The van der Waals surface area contributed by atoms with Gasteiger partial charge in [0.2, 0.25) is 0 Å². The van der Waals surface area contributed by atoms with Gasteiger partial charge in [-0.2, -0.15) is 13.2 Å². The highest BCUT2D eigenvalue weighted by atomic mass is 19.4. The average Bonchev–Trinajstić information content (AvgIpc) is 3.53. The van der Waals surface area contributed by atoms with Gasteiger partial charge in [-0.1, -0.05) is 36.4 Å². The lowest BCUT2D eigenvalue weighted by Gasteiger charge is -2.41. The highest BCUT2D eigenvalue weighted by Gasteiger charge is 2.37. The minimum Gasteiger partial charge on any atom is -0.319 e. The Hall–Kier alpha value is -2.54. The predicted octanol–water partition coefficient (Wildman–Crippen LogP) is 4.63. The zero-order valence-electron chi connectivity index (χ0n) is 16.0. The standard InChI is InChI=1S/C22H24F3N3O/c23-22(24,25)17-7-4-8-18(14-17)26-21(29)28-12-11-27(19-9-10-19)15-20(28)13-16-5-2-1-3-6-16/h1-8,14,19-20H,9-13,15H2,(H,26,29). The quantitative estimate of drug-likeness (QED) is 0.808. The van der Waals surface area contributed by atoms with Gasteiger partial charge in [0, 0.05) is 31.4 Å². The predicted molar refractivity (Wildman–Crippen MR) is 106 cm³/mol. The summed E-state index contributed by atoms with van der Waals surface area (Å²) in [4.78, 5) is 17.1. The first-order valence-electron chi connectivity index (χ1n) is 9.93. The number of nitrogens with zero attached hydrogens (tertiary/aromatic N) is 2. The van der Waals surface area contributed by atoms with E-state index >= 15 is 0 Å². The minimum atomic E-state index is -4.44. The van der Waals surface area contributed by atoms with Gasteiger partial charge >= 0.3 is 12.2 Å². The number of carbonyl (C=O) groups excluding carboxylic acids is 1. The second-order valence-corrected chi connectivity index (χ2v) is 7.77. The normalized spacial score (nSPS) is 20.5. The molecule has 29 heavy (non-hydrogen) atoms. The first kappa shape index (κ1) is 19.8. The molecule has 0 radical (unpaired) electrons. The number of hydrogen-bond acceptors (Lipinski definition) is 2. The maximum atomic E-state index is 13.0. The van der Waals surface area contributed by atoms with E-state index in [0.717, 1.165) is 37.2 Å². The molecule has 2 aliphatic rings. The van der Waals surface area contributed by atoms with Crippen molar-refractivity contribution in [2.45, 2.75) is 37.5 Å². The van der Waals surface area contributed by atoms with Crippen LogP contribution in [-0.4, -0.2) is 47.5 Å². The zero-order valence-corrected chi connectivity index (χ0v) is 16.0. The lowest BCUT2D eigenvalue weighted by Crippen LogP contribution is -2.57. The van der Waals surface area contributed by atoms with Gasteiger partial charge in [0.25, 0.3) is 0 Å². The molecule has 4 rings (SSSR count). The van der Waals surface area contributed by atoms with Crippen molar-refractivity contribution >= 4 is 11.7 Å². The maximum Gasteiger partial charge on any atom is 0.416 e. The number of alkyl halides is 3. The van der Waals surface area contributed by atoms with Gasteiger partial charge < -0.3 is 10.2 Å². The number of nitrogens with one attached hydrogen (secondary N) is 1. The fourth-order valence-electron chi connectivity index (χ4n) is 3.95. The van der Waals surface area contributed by atoms with Crippen LogP contribution in [0.3, 0.4) is 0 Å². The van der Waals surface area contributed by atoms with E-state index in [1.807, 2.05) is 30.3 Å². The van der Waals surface area contributed by atoms with Crippen LogP contribution >= 0.6 is 0 Å². The van der Waals surface area contributed by atoms with Crippen LogP contribution < -0.4 is 5.32 Å². The first-order chi connectivity index (χ1) is 13.9. The Morgan fingerprint density at radius 1 is 1.03 bits per heavy atom. The zero-order chi connectivity index (χ0) is 20.4. The van der Waals surface area contributed by atoms with E-state index in [1.165, 1.54) is 25.0 Å². The molecule has 1 atom stereocenters. The molecule has 1 unspecified atom stereocenters. The lowest BCUT2D eigenvalue weighted by molar-refractivity contribution is -0.137. The summed E-state index contributed by atoms with van der Waals surface area (Å²) in [5.41, 5.74) is 0.537. The number of carbonyl (C=O) groups is 1. The third kappa shape index (κ3) is 4.90. The van der Waals surface area contributed by atoms with Crippen LogP contribution in [0.2, 0.25) is 0 Å². The van der Waals surface area contributed by atoms with E-state index in [9.17, 15) is 18.0 Å². The van der Waals surface area contributed by atoms with Gasteiger partial charge in [0.05, 0.1) is 11.6 Å². The highest BCUT2D eigenvalue weighted by Crippen LogP contribution is 2.32. The molecule has 2 aromatic rings. The van der Waals surface area contributed by atoms with Crippen molar-refractivity contribution in [1.82, 2.24) is 9.80 Å². The minimum absolute atomic E-state index is 0.0162. The molecule has 7 heteroatoms. The van der Waals surface area contributed by atoms with Gasteiger partial charge in [-0.3, -0.25) is 4.90 Å². The number of anilines is 1. The van der Waals surface area contributed by atoms with Crippen LogP contribution in [0.4, 0.5) is 23.7 Å². The van der Waals surface area contributed by atoms with E-state index in [2.05, 4.69) is 10.2 Å². The fraction of sp³-hybridized carbons (Fsp3) is 0.409. The summed E-state index contributed by atoms with van der Waals surface area (Å²) >= 11 is 0. The molecule has 154 valence electrons. The van der Waals surface area contributed by atoms with Crippen molar-refractivity contribution in [2.75, 3.05) is 25.0 Å². The summed E-state index contributed by atoms with van der Waals surface area (Å²) in [6.07, 6.45) is -1.31. The highest BCUT2D eigenvalue weighted by molar-refractivity contribution is 5.89. The number of hydrogen-bond donors (Lipinski definition) is 1. The summed E-state index contributed by atoms with van der Waals surface area (Å²) in [5, 5.41) is 2.67. The maximum absolute atomic E-state index is 13.0. The second-order valence-electron chi connectivity index (χ2n) is 7.77. The monoisotopic (exact) mass is 403 g/mol. The molecule has 1 N–H and O–H groups in total. The molecule has 1 aliphatic carbocycles. The molecule has 0 spiro atoms. The van der Waals surface area contributed by atoms with Gasteiger partial charge in [-0.05, 0) is 43.0 Å². The number of piperazine rings is 1. The first-order valence-corrected chi connectivity index (χ1v) is 9.93. The molecular formula is C22H24F3N3O. The van der Waals surface area contributed by atoms with Crippen LogP contribution in [0.1, 0.15) is 24.0 Å². The van der Waals surface area contributed by atoms with Crippen molar-refractivity contribution in [3.63, 3.8) is 0 Å². The van der Waals surface area contributed by atoms with Crippen molar-refractivity contribution in [3.05, 3.63) is 65.7 Å². The van der Waals surface area contributed by atoms with E-state index in [-0.39, 0.29) is 17.8 Å². The van der Waals surface area contributed by atoms with Gasteiger partial charge in [-0.15, -0.1) is 0 Å². The van der Waals surface area contributed by atoms with E-state index in [4.69, 9.17) is 0 Å². The Balaban J connectivity index is 1.49. The molecular weight excluding hydrogens is 379 g/mol. The summed E-state index contributed by atoms with van der Waals surface area (Å²) in [6.45, 7) is 2.15. The van der Waals surface area contributed by atoms with Crippen LogP contribution in [0.25, 0.3) is 0 Å². The molecule has 2 fully saturated rings. The second kappa shape index (κ2) is 8.06. The third-order valence-corrected chi connectivity index (χ3v) is 5.59. The van der Waals surface area contributed by atoms with Crippen LogP contribution in [-0.2, 0) is 12.6 Å². The Morgan fingerprint density at radius 3 is 2.48 bits per heavy atom. The largest absolute Gasteiger partial charge is 0.416 e.